The molecule has 0 aromatic carbocycles. The Morgan fingerprint density at radius 3 is 2.67 bits per heavy atom. The summed E-state index contributed by atoms with van der Waals surface area (Å²) in [4.78, 5) is 13.3. The highest BCUT2D eigenvalue weighted by atomic mass is 35.5. The molecule has 4 nitrogen and oxygen atoms in total. The number of hydrogen-bond acceptors (Lipinski definition) is 3. The van der Waals surface area contributed by atoms with Crippen molar-refractivity contribution >= 4 is 17.5 Å². The van der Waals surface area contributed by atoms with Crippen LogP contribution in [-0.2, 0) is 14.3 Å². The lowest BCUT2D eigenvalue weighted by Crippen LogP contribution is -2.51. The highest BCUT2D eigenvalue weighted by molar-refractivity contribution is 6.41. The van der Waals surface area contributed by atoms with E-state index in [0.717, 1.165) is 12.8 Å². The fraction of sp³-hybridized carbons (Fsp3) is 0.700. The fourth-order valence-corrected chi connectivity index (χ4v) is 2.19. The number of rotatable bonds is 1. The van der Waals surface area contributed by atoms with E-state index in [1.807, 2.05) is 0 Å². The first kappa shape index (κ1) is 10.9. The molecule has 0 aromatic rings. The van der Waals surface area contributed by atoms with Gasteiger partial charge in [0, 0.05) is 13.0 Å². The Bertz CT molecular complexity index is 286. The molecule has 2 fully saturated rings. The molecule has 0 saturated carbocycles. The molecule has 0 aliphatic carbocycles. The third-order valence-electron chi connectivity index (χ3n) is 2.75. The van der Waals surface area contributed by atoms with Crippen molar-refractivity contribution in [2.75, 3.05) is 26.3 Å². The molecule has 1 amide bonds. The minimum atomic E-state index is -0.583. The molecule has 2 aliphatic heterocycles. The average Bonchev–Trinajstić information content (AvgIpc) is 2.65. The lowest BCUT2D eigenvalue weighted by Gasteiger charge is -2.38. The van der Waals surface area contributed by atoms with Gasteiger partial charge in [0.2, 0.25) is 0 Å². The van der Waals surface area contributed by atoms with E-state index in [1.54, 1.807) is 4.90 Å². The van der Waals surface area contributed by atoms with Gasteiger partial charge in [-0.1, -0.05) is 18.2 Å². The van der Waals surface area contributed by atoms with Gasteiger partial charge in [0.25, 0.3) is 5.91 Å². The second-order valence-corrected chi connectivity index (χ2v) is 4.30. The largest absolute Gasteiger partial charge is 0.346 e. The maximum atomic E-state index is 11.6. The number of carbonyl (C=O) groups excluding carboxylic acids is 1. The third-order valence-corrected chi connectivity index (χ3v) is 2.91. The molecule has 0 atom stereocenters. The molecule has 2 rings (SSSR count). The number of piperidine rings is 1. The molecule has 5 heteroatoms. The quantitative estimate of drug-likeness (QED) is 0.635. The molecule has 84 valence electrons. The Hall–Kier alpha value is -0.580. The minimum absolute atomic E-state index is 0.0463. The number of nitrogens with zero attached hydrogens (tertiary/aromatic N) is 1. The van der Waals surface area contributed by atoms with Crippen molar-refractivity contribution < 1.29 is 14.3 Å². The van der Waals surface area contributed by atoms with Crippen LogP contribution < -0.4 is 0 Å². The molecule has 2 heterocycles. The first-order valence-corrected chi connectivity index (χ1v) is 5.42. The van der Waals surface area contributed by atoms with Gasteiger partial charge in [-0.2, -0.15) is 0 Å². The van der Waals surface area contributed by atoms with Gasteiger partial charge in [-0.3, -0.25) is 4.79 Å². The maximum absolute atomic E-state index is 11.6. The predicted molar refractivity (Wildman–Crippen MR) is 55.4 cm³/mol. The number of carbonyl (C=O) groups is 1. The van der Waals surface area contributed by atoms with E-state index < -0.39 is 5.79 Å². The molecule has 2 aliphatic rings. The summed E-state index contributed by atoms with van der Waals surface area (Å²) in [5.74, 6) is -0.810. The number of halogens is 1. The van der Waals surface area contributed by atoms with Crippen molar-refractivity contribution in [2.45, 2.75) is 18.6 Å². The Morgan fingerprint density at radius 2 is 2.07 bits per heavy atom. The molecule has 0 bridgehead atoms. The number of likely N-dealkylation sites (tertiary alicyclic amines) is 1. The second kappa shape index (κ2) is 4.12. The van der Waals surface area contributed by atoms with Gasteiger partial charge >= 0.3 is 0 Å². The maximum Gasteiger partial charge on any atom is 0.264 e. The molecule has 1 spiro atoms. The summed E-state index contributed by atoms with van der Waals surface area (Å²) in [6.07, 6.45) is 1.71. The summed E-state index contributed by atoms with van der Waals surface area (Å²) in [6.45, 7) is 5.79. The van der Waals surface area contributed by atoms with E-state index in [1.165, 1.54) is 0 Å². The van der Waals surface area contributed by atoms with Crippen molar-refractivity contribution in [1.82, 2.24) is 4.90 Å². The van der Waals surface area contributed by atoms with Crippen LogP contribution in [0, 0.1) is 0 Å². The smallest absolute Gasteiger partial charge is 0.264 e. The summed E-state index contributed by atoms with van der Waals surface area (Å²) in [5, 5.41) is 0.0463. The van der Waals surface area contributed by atoms with E-state index in [0.29, 0.717) is 26.3 Å². The van der Waals surface area contributed by atoms with E-state index in [-0.39, 0.29) is 10.9 Å². The van der Waals surface area contributed by atoms with Gasteiger partial charge in [-0.15, -0.1) is 0 Å². The molecule has 15 heavy (non-hydrogen) atoms. The molecule has 0 N–H and O–H groups in total. The molecule has 0 unspecified atom stereocenters. The van der Waals surface area contributed by atoms with E-state index in [2.05, 4.69) is 6.58 Å². The normalized spacial score (nSPS) is 24.5. The lowest BCUT2D eigenvalue weighted by atomic mass is 10.0. The van der Waals surface area contributed by atoms with Crippen LogP contribution in [0.3, 0.4) is 0 Å². The van der Waals surface area contributed by atoms with Gasteiger partial charge < -0.3 is 14.4 Å². The zero-order valence-corrected chi connectivity index (χ0v) is 9.26. The fourth-order valence-electron chi connectivity index (χ4n) is 2.07. The SMILES string of the molecule is C=C(Cl)C(=O)N1CCCC2(C1)OCCO2. The van der Waals surface area contributed by atoms with E-state index in [9.17, 15) is 4.79 Å². The predicted octanol–water partition coefficient (Wildman–Crippen LogP) is 1.10. The number of amides is 1. The van der Waals surface area contributed by atoms with Crippen molar-refractivity contribution in [3.05, 3.63) is 11.6 Å². The van der Waals surface area contributed by atoms with Gasteiger partial charge in [0.1, 0.15) is 0 Å². The third kappa shape index (κ3) is 2.17. The van der Waals surface area contributed by atoms with Gasteiger partial charge in [0.05, 0.1) is 24.8 Å². The Kier molecular flexibility index (Phi) is 3.00. The number of hydrogen-bond donors (Lipinski definition) is 0. The van der Waals surface area contributed by atoms with Crippen LogP contribution in [0.5, 0.6) is 0 Å². The molecule has 0 radical (unpaired) electrons. The van der Waals surface area contributed by atoms with E-state index in [4.69, 9.17) is 21.1 Å². The van der Waals surface area contributed by atoms with Crippen LogP contribution in [0.1, 0.15) is 12.8 Å². The van der Waals surface area contributed by atoms with Crippen LogP contribution in [-0.4, -0.2) is 42.9 Å². The Morgan fingerprint density at radius 1 is 1.40 bits per heavy atom. The minimum Gasteiger partial charge on any atom is -0.346 e. The van der Waals surface area contributed by atoms with Crippen LogP contribution in [0.4, 0.5) is 0 Å². The molecular formula is C10H14ClNO3. The summed E-state index contributed by atoms with van der Waals surface area (Å²) < 4.78 is 11.1. The summed E-state index contributed by atoms with van der Waals surface area (Å²) in [6, 6.07) is 0. The monoisotopic (exact) mass is 231 g/mol. The summed E-state index contributed by atoms with van der Waals surface area (Å²) >= 11 is 5.59. The van der Waals surface area contributed by atoms with Crippen LogP contribution >= 0.6 is 11.6 Å². The Labute approximate surface area is 93.8 Å². The zero-order chi connectivity index (χ0) is 10.9. The van der Waals surface area contributed by atoms with Gasteiger partial charge in [-0.05, 0) is 6.42 Å². The highest BCUT2D eigenvalue weighted by Gasteiger charge is 2.42. The van der Waals surface area contributed by atoms with Crippen LogP contribution in [0.15, 0.2) is 11.6 Å². The summed E-state index contributed by atoms with van der Waals surface area (Å²) in [5.41, 5.74) is 0. The van der Waals surface area contributed by atoms with Crippen molar-refractivity contribution in [3.8, 4) is 0 Å². The zero-order valence-electron chi connectivity index (χ0n) is 8.50. The topological polar surface area (TPSA) is 38.8 Å². The van der Waals surface area contributed by atoms with Gasteiger partial charge in [0.15, 0.2) is 5.79 Å². The molecule has 2 saturated heterocycles. The molecular weight excluding hydrogens is 218 g/mol. The van der Waals surface area contributed by atoms with Crippen LogP contribution in [0.25, 0.3) is 0 Å². The first-order valence-electron chi connectivity index (χ1n) is 5.05. The first-order chi connectivity index (χ1) is 7.13. The second-order valence-electron chi connectivity index (χ2n) is 3.84. The highest BCUT2D eigenvalue weighted by Crippen LogP contribution is 2.30. The standard InChI is InChI=1S/C10H14ClNO3/c1-8(11)9(13)12-4-2-3-10(7-12)14-5-6-15-10/h1-7H2. The van der Waals surface area contributed by atoms with Gasteiger partial charge in [-0.25, -0.2) is 0 Å². The van der Waals surface area contributed by atoms with Crippen molar-refractivity contribution in [1.29, 1.82) is 0 Å². The van der Waals surface area contributed by atoms with Crippen molar-refractivity contribution in [3.63, 3.8) is 0 Å². The van der Waals surface area contributed by atoms with Crippen LogP contribution in [0.2, 0.25) is 0 Å². The number of ether oxygens (including phenoxy) is 2. The molecule has 0 aromatic heterocycles. The van der Waals surface area contributed by atoms with Crippen molar-refractivity contribution in [2.24, 2.45) is 0 Å². The Balaban J connectivity index is 2.03. The van der Waals surface area contributed by atoms with E-state index >= 15 is 0 Å². The summed E-state index contributed by atoms with van der Waals surface area (Å²) in [7, 11) is 0. The lowest BCUT2D eigenvalue weighted by molar-refractivity contribution is -0.191. The average molecular weight is 232 g/mol.